The van der Waals surface area contributed by atoms with Gasteiger partial charge in [-0.05, 0) is 17.5 Å². The normalized spacial score (nSPS) is 10.6. The van der Waals surface area contributed by atoms with Crippen molar-refractivity contribution in [3.63, 3.8) is 0 Å². The molecular formula is C21H21N3O2. The molecule has 132 valence electrons. The summed E-state index contributed by atoms with van der Waals surface area (Å²) in [4.78, 5) is 25.8. The Kier molecular flexibility index (Phi) is 5.17. The van der Waals surface area contributed by atoms with Gasteiger partial charge in [-0.3, -0.25) is 13.9 Å². The number of nitrogens with two attached hydrogens (primary N) is 1. The molecule has 5 heteroatoms. The maximum Gasteiger partial charge on any atom is 0.333 e. The summed E-state index contributed by atoms with van der Waals surface area (Å²) >= 11 is 0. The Labute approximate surface area is 151 Å². The van der Waals surface area contributed by atoms with Gasteiger partial charge in [-0.2, -0.15) is 0 Å². The molecule has 0 atom stereocenters. The second kappa shape index (κ2) is 7.70. The summed E-state index contributed by atoms with van der Waals surface area (Å²) in [7, 11) is 0. The molecule has 1 heterocycles. The fourth-order valence-corrected chi connectivity index (χ4v) is 2.93. The lowest BCUT2D eigenvalue weighted by atomic mass is 10.1. The van der Waals surface area contributed by atoms with E-state index in [2.05, 4.69) is 6.58 Å². The second-order valence-corrected chi connectivity index (χ2v) is 6.09. The Morgan fingerprint density at radius 3 is 1.85 bits per heavy atom. The molecule has 3 rings (SSSR count). The summed E-state index contributed by atoms with van der Waals surface area (Å²) in [5.41, 5.74) is 7.63. The van der Waals surface area contributed by atoms with E-state index < -0.39 is 5.69 Å². The highest BCUT2D eigenvalue weighted by Crippen LogP contribution is 2.10. The monoisotopic (exact) mass is 347 g/mol. The van der Waals surface area contributed by atoms with E-state index in [1.54, 1.807) is 6.08 Å². The number of hydrogen-bond donors (Lipinski definition) is 1. The molecule has 5 nitrogen and oxygen atoms in total. The molecule has 0 saturated carbocycles. The molecule has 0 aliphatic rings. The van der Waals surface area contributed by atoms with E-state index in [0.29, 0.717) is 18.5 Å². The van der Waals surface area contributed by atoms with E-state index in [9.17, 15) is 9.59 Å². The van der Waals surface area contributed by atoms with Crippen LogP contribution in [0.15, 0.2) is 82.9 Å². The second-order valence-electron chi connectivity index (χ2n) is 6.09. The van der Waals surface area contributed by atoms with Crippen LogP contribution in [0.1, 0.15) is 16.7 Å². The molecule has 26 heavy (non-hydrogen) atoms. The highest BCUT2D eigenvalue weighted by Gasteiger charge is 2.16. The first-order chi connectivity index (χ1) is 12.6. The van der Waals surface area contributed by atoms with Gasteiger partial charge in [-0.15, -0.1) is 6.58 Å². The third-order valence-electron chi connectivity index (χ3n) is 4.28. The largest absolute Gasteiger partial charge is 0.385 e. The Bertz CT molecular complexity index is 1020. The van der Waals surface area contributed by atoms with E-state index in [1.165, 1.54) is 9.13 Å². The number of benzene rings is 2. The SMILES string of the molecule is C=CCc1c(N)n(Cc2ccccc2)c(=O)n(Cc2ccccc2)c1=O. The van der Waals surface area contributed by atoms with Gasteiger partial charge >= 0.3 is 5.69 Å². The number of nitrogen functional groups attached to an aromatic ring is 1. The molecule has 0 radical (unpaired) electrons. The van der Waals surface area contributed by atoms with Crippen LogP contribution in [0.2, 0.25) is 0 Å². The molecular weight excluding hydrogens is 326 g/mol. The zero-order valence-electron chi connectivity index (χ0n) is 14.5. The number of anilines is 1. The van der Waals surface area contributed by atoms with Crippen molar-refractivity contribution in [1.82, 2.24) is 9.13 Å². The predicted octanol–water partition coefficient (Wildman–Crippen LogP) is 2.42. The van der Waals surface area contributed by atoms with Crippen molar-refractivity contribution in [3.8, 4) is 0 Å². The van der Waals surface area contributed by atoms with Crippen molar-refractivity contribution >= 4 is 5.82 Å². The average molecular weight is 347 g/mol. The lowest BCUT2D eigenvalue weighted by Gasteiger charge is -2.16. The predicted molar refractivity (Wildman–Crippen MR) is 104 cm³/mol. The molecule has 0 saturated heterocycles. The van der Waals surface area contributed by atoms with Gasteiger partial charge in [-0.1, -0.05) is 66.7 Å². The van der Waals surface area contributed by atoms with Crippen molar-refractivity contribution < 1.29 is 0 Å². The van der Waals surface area contributed by atoms with Gasteiger partial charge in [0.15, 0.2) is 0 Å². The van der Waals surface area contributed by atoms with Gasteiger partial charge in [0.1, 0.15) is 5.82 Å². The Hall–Kier alpha value is -3.34. The first kappa shape index (κ1) is 17.5. The van der Waals surface area contributed by atoms with Crippen LogP contribution in [0, 0.1) is 0 Å². The average Bonchev–Trinajstić information content (AvgIpc) is 2.67. The van der Waals surface area contributed by atoms with Crippen LogP contribution in [0.3, 0.4) is 0 Å². The topological polar surface area (TPSA) is 70.0 Å². The molecule has 1 aromatic heterocycles. The van der Waals surface area contributed by atoms with E-state index >= 15 is 0 Å². The van der Waals surface area contributed by atoms with Crippen molar-refractivity contribution in [1.29, 1.82) is 0 Å². The van der Waals surface area contributed by atoms with Gasteiger partial charge in [-0.25, -0.2) is 4.79 Å². The van der Waals surface area contributed by atoms with Gasteiger partial charge < -0.3 is 5.73 Å². The Morgan fingerprint density at radius 2 is 1.35 bits per heavy atom. The lowest BCUT2D eigenvalue weighted by Crippen LogP contribution is -2.43. The minimum Gasteiger partial charge on any atom is -0.385 e. The highest BCUT2D eigenvalue weighted by molar-refractivity contribution is 5.41. The van der Waals surface area contributed by atoms with Crippen LogP contribution >= 0.6 is 0 Å². The van der Waals surface area contributed by atoms with E-state index in [0.717, 1.165) is 11.1 Å². The quantitative estimate of drug-likeness (QED) is 0.696. The smallest absolute Gasteiger partial charge is 0.333 e. The molecule has 0 fully saturated rings. The van der Waals surface area contributed by atoms with Crippen LogP contribution in [-0.2, 0) is 19.5 Å². The lowest BCUT2D eigenvalue weighted by molar-refractivity contribution is 0.611. The standard InChI is InChI=1S/C21H21N3O2/c1-2-9-18-19(22)23(14-16-10-5-3-6-11-16)21(26)24(20(18)25)15-17-12-7-4-8-13-17/h2-8,10-13H,1,9,14-15,22H2. The van der Waals surface area contributed by atoms with Gasteiger partial charge in [0.05, 0.1) is 18.7 Å². The van der Waals surface area contributed by atoms with Gasteiger partial charge in [0.25, 0.3) is 5.56 Å². The van der Waals surface area contributed by atoms with Gasteiger partial charge in [0.2, 0.25) is 0 Å². The van der Waals surface area contributed by atoms with Crippen molar-refractivity contribution in [2.75, 3.05) is 5.73 Å². The molecule has 2 N–H and O–H groups in total. The summed E-state index contributed by atoms with van der Waals surface area (Å²) in [5, 5.41) is 0. The fraction of sp³-hybridized carbons (Fsp3) is 0.143. The zero-order valence-corrected chi connectivity index (χ0v) is 14.5. The summed E-state index contributed by atoms with van der Waals surface area (Å²) < 4.78 is 2.70. The van der Waals surface area contributed by atoms with Crippen molar-refractivity contribution in [2.45, 2.75) is 19.5 Å². The molecule has 0 bridgehead atoms. The molecule has 0 unspecified atom stereocenters. The molecule has 0 amide bonds. The Morgan fingerprint density at radius 1 is 0.846 bits per heavy atom. The molecule has 0 spiro atoms. The molecule has 3 aromatic rings. The fourth-order valence-electron chi connectivity index (χ4n) is 2.93. The highest BCUT2D eigenvalue weighted by atomic mass is 16.2. The maximum absolute atomic E-state index is 13.0. The summed E-state index contributed by atoms with van der Waals surface area (Å²) in [6.07, 6.45) is 1.94. The molecule has 0 aliphatic heterocycles. The third kappa shape index (κ3) is 3.52. The third-order valence-corrected chi connectivity index (χ3v) is 4.28. The minimum atomic E-state index is -0.409. The zero-order chi connectivity index (χ0) is 18.5. The van der Waals surface area contributed by atoms with Crippen molar-refractivity contribution in [2.24, 2.45) is 0 Å². The number of aromatic nitrogens is 2. The van der Waals surface area contributed by atoms with Crippen LogP contribution in [0.5, 0.6) is 0 Å². The van der Waals surface area contributed by atoms with Crippen LogP contribution in [-0.4, -0.2) is 9.13 Å². The number of hydrogen-bond acceptors (Lipinski definition) is 3. The molecule has 0 aliphatic carbocycles. The summed E-state index contributed by atoms with van der Waals surface area (Å²) in [5.74, 6) is 0.202. The van der Waals surface area contributed by atoms with Crippen LogP contribution in [0.4, 0.5) is 5.82 Å². The van der Waals surface area contributed by atoms with Crippen LogP contribution < -0.4 is 17.0 Å². The first-order valence-electron chi connectivity index (χ1n) is 8.42. The van der Waals surface area contributed by atoms with Crippen LogP contribution in [0.25, 0.3) is 0 Å². The first-order valence-corrected chi connectivity index (χ1v) is 8.42. The molecule has 2 aromatic carbocycles. The van der Waals surface area contributed by atoms with E-state index in [4.69, 9.17) is 5.73 Å². The van der Waals surface area contributed by atoms with E-state index in [1.807, 2.05) is 60.7 Å². The number of allylic oxidation sites excluding steroid dienone is 1. The minimum absolute atomic E-state index is 0.202. The maximum atomic E-state index is 13.0. The van der Waals surface area contributed by atoms with E-state index in [-0.39, 0.29) is 17.9 Å². The summed E-state index contributed by atoms with van der Waals surface area (Å²) in [6, 6.07) is 19.0. The van der Waals surface area contributed by atoms with Gasteiger partial charge in [0, 0.05) is 0 Å². The summed E-state index contributed by atoms with van der Waals surface area (Å²) in [6.45, 7) is 4.21. The van der Waals surface area contributed by atoms with Crippen molar-refractivity contribution in [3.05, 3.63) is 111 Å². The Balaban J connectivity index is 2.15. The number of rotatable bonds is 6. The number of nitrogens with zero attached hydrogens (tertiary/aromatic N) is 2.